The first-order valence-corrected chi connectivity index (χ1v) is 11.9. The van der Waals surface area contributed by atoms with Crippen LogP contribution in [-0.2, 0) is 19.3 Å². The second-order valence-corrected chi connectivity index (χ2v) is 8.92. The van der Waals surface area contributed by atoms with Gasteiger partial charge in [0, 0.05) is 17.2 Å². The van der Waals surface area contributed by atoms with E-state index in [1.165, 1.54) is 36.4 Å². The van der Waals surface area contributed by atoms with Gasteiger partial charge in [0.25, 0.3) is 0 Å². The number of hydrogen-bond acceptors (Lipinski definition) is 6. The maximum atomic E-state index is 13.1. The van der Waals surface area contributed by atoms with Crippen LogP contribution in [0.25, 0.3) is 22.3 Å². The number of hydrogen-bond donors (Lipinski definition) is 3. The zero-order valence-corrected chi connectivity index (χ0v) is 20.3. The van der Waals surface area contributed by atoms with Crippen molar-refractivity contribution in [2.75, 3.05) is 7.11 Å². The van der Waals surface area contributed by atoms with Crippen molar-refractivity contribution in [2.24, 2.45) is 0 Å². The Morgan fingerprint density at radius 2 is 1.46 bits per heavy atom. The van der Waals surface area contributed by atoms with Crippen molar-refractivity contribution in [3.05, 3.63) is 117 Å². The lowest BCUT2D eigenvalue weighted by Crippen LogP contribution is -2.05. The summed E-state index contributed by atoms with van der Waals surface area (Å²) in [5.74, 6) is -0.548. The summed E-state index contributed by atoms with van der Waals surface area (Å²) >= 11 is 0. The first-order valence-electron chi connectivity index (χ1n) is 11.9. The monoisotopic (exact) mass is 494 g/mol. The fourth-order valence-corrected chi connectivity index (χ4v) is 4.59. The highest BCUT2D eigenvalue weighted by molar-refractivity contribution is 5.92. The lowest BCUT2D eigenvalue weighted by Gasteiger charge is -2.15. The Hall–Kier alpha value is -4.71. The average molecular weight is 495 g/mol. The summed E-state index contributed by atoms with van der Waals surface area (Å²) in [5.41, 5.74) is 4.03. The number of aromatic hydroxyl groups is 3. The first kappa shape index (κ1) is 24.0. The Labute approximate surface area is 213 Å². The molecule has 5 aromatic rings. The van der Waals surface area contributed by atoms with Crippen LogP contribution in [0.4, 0.5) is 0 Å². The summed E-state index contributed by atoms with van der Waals surface area (Å²) in [5, 5.41) is 31.3. The molecule has 0 aliphatic carbocycles. The summed E-state index contributed by atoms with van der Waals surface area (Å²) in [6.07, 6.45) is 1.71. The van der Waals surface area contributed by atoms with Gasteiger partial charge in [0.1, 0.15) is 22.5 Å². The van der Waals surface area contributed by atoms with Crippen LogP contribution < -0.4 is 10.2 Å². The second kappa shape index (κ2) is 10.1. The Kier molecular flexibility index (Phi) is 6.56. The van der Waals surface area contributed by atoms with E-state index in [0.717, 1.165) is 12.0 Å². The van der Waals surface area contributed by atoms with E-state index in [-0.39, 0.29) is 34.0 Å². The largest absolute Gasteiger partial charge is 0.508 e. The van der Waals surface area contributed by atoms with Crippen LogP contribution in [0.1, 0.15) is 22.3 Å². The number of ether oxygens (including phenoxy) is 1. The predicted octanol–water partition coefficient (Wildman–Crippen LogP) is 5.96. The normalized spacial score (nSPS) is 11.1. The first-order chi connectivity index (χ1) is 17.9. The van der Waals surface area contributed by atoms with E-state index in [9.17, 15) is 20.1 Å². The standard InChI is InChI=1S/C31H26O6/c1-36-31-28(34)24(15-10-20-8-5-9-21(17-20)16-19-6-3-2-4-7-19)30-27(29(31)35)25(33)18-26(37-30)22-11-13-23(32)14-12-22/h2-9,11-14,17-18,32,34-35H,10,15-16H2,1H3. The SMILES string of the molecule is COc1c(O)c(CCc2cccc(Cc3ccccc3)c2)c2oc(-c3ccc(O)cc3)cc(=O)c2c1O. The smallest absolute Gasteiger partial charge is 0.204 e. The van der Waals surface area contributed by atoms with E-state index in [4.69, 9.17) is 9.15 Å². The molecule has 0 unspecified atom stereocenters. The van der Waals surface area contributed by atoms with E-state index in [2.05, 4.69) is 24.3 Å². The van der Waals surface area contributed by atoms with Gasteiger partial charge in [0.05, 0.1) is 7.11 Å². The van der Waals surface area contributed by atoms with Crippen molar-refractivity contribution in [2.45, 2.75) is 19.3 Å². The lowest BCUT2D eigenvalue weighted by molar-refractivity contribution is 0.344. The van der Waals surface area contributed by atoms with Gasteiger partial charge in [-0.3, -0.25) is 4.79 Å². The summed E-state index contributed by atoms with van der Waals surface area (Å²) in [6, 6.07) is 26.0. The van der Waals surface area contributed by atoms with Gasteiger partial charge in [-0.2, -0.15) is 0 Å². The predicted molar refractivity (Wildman–Crippen MR) is 143 cm³/mol. The third-order valence-corrected chi connectivity index (χ3v) is 6.44. The topological polar surface area (TPSA) is 100 Å². The number of methoxy groups -OCH3 is 1. The Morgan fingerprint density at radius 1 is 0.757 bits per heavy atom. The third kappa shape index (κ3) is 4.86. The lowest BCUT2D eigenvalue weighted by atomic mass is 9.97. The van der Waals surface area contributed by atoms with Crippen LogP contribution in [0.3, 0.4) is 0 Å². The molecule has 4 aromatic carbocycles. The molecule has 0 spiro atoms. The maximum Gasteiger partial charge on any atom is 0.204 e. The van der Waals surface area contributed by atoms with Crippen LogP contribution in [0.2, 0.25) is 0 Å². The molecule has 37 heavy (non-hydrogen) atoms. The minimum absolute atomic E-state index is 0.0509. The molecule has 1 heterocycles. The molecule has 186 valence electrons. The van der Waals surface area contributed by atoms with Gasteiger partial charge in [0.15, 0.2) is 16.9 Å². The molecule has 0 saturated heterocycles. The highest BCUT2D eigenvalue weighted by Gasteiger charge is 2.24. The van der Waals surface area contributed by atoms with Crippen molar-refractivity contribution in [1.82, 2.24) is 0 Å². The molecule has 0 aliphatic heterocycles. The third-order valence-electron chi connectivity index (χ3n) is 6.44. The summed E-state index contributed by atoms with van der Waals surface area (Å²) < 4.78 is 11.3. The molecule has 0 fully saturated rings. The van der Waals surface area contributed by atoms with E-state index in [1.807, 2.05) is 30.3 Å². The van der Waals surface area contributed by atoms with Gasteiger partial charge in [-0.05, 0) is 60.2 Å². The maximum absolute atomic E-state index is 13.1. The molecule has 0 atom stereocenters. The van der Waals surface area contributed by atoms with Gasteiger partial charge in [-0.1, -0.05) is 54.6 Å². The number of benzene rings is 4. The highest BCUT2D eigenvalue weighted by atomic mass is 16.5. The minimum Gasteiger partial charge on any atom is -0.508 e. The van der Waals surface area contributed by atoms with Crippen molar-refractivity contribution < 1.29 is 24.5 Å². The van der Waals surface area contributed by atoms with Crippen molar-refractivity contribution in [1.29, 1.82) is 0 Å². The van der Waals surface area contributed by atoms with Crippen molar-refractivity contribution in [3.8, 4) is 34.3 Å². The quantitative estimate of drug-likeness (QED) is 0.258. The molecule has 6 nitrogen and oxygen atoms in total. The second-order valence-electron chi connectivity index (χ2n) is 8.92. The molecule has 0 saturated carbocycles. The number of phenols is 3. The van der Waals surface area contributed by atoms with E-state index in [0.29, 0.717) is 24.0 Å². The molecular weight excluding hydrogens is 468 g/mol. The Balaban J connectivity index is 1.54. The van der Waals surface area contributed by atoms with Crippen LogP contribution in [-0.4, -0.2) is 22.4 Å². The zero-order valence-electron chi connectivity index (χ0n) is 20.3. The number of aryl methyl sites for hydroxylation is 2. The molecule has 3 N–H and O–H groups in total. The molecule has 0 aliphatic rings. The Morgan fingerprint density at radius 3 is 2.19 bits per heavy atom. The van der Waals surface area contributed by atoms with Crippen molar-refractivity contribution >= 4 is 11.0 Å². The molecule has 0 radical (unpaired) electrons. The van der Waals surface area contributed by atoms with Crippen LogP contribution in [0.15, 0.2) is 94.1 Å². The summed E-state index contributed by atoms with van der Waals surface area (Å²) in [4.78, 5) is 13.1. The van der Waals surface area contributed by atoms with Gasteiger partial charge in [0.2, 0.25) is 5.75 Å². The number of fused-ring (bicyclic) bond motifs is 1. The van der Waals surface area contributed by atoms with E-state index < -0.39 is 11.2 Å². The molecular formula is C31H26O6. The Bertz CT molecular complexity index is 1620. The molecule has 0 amide bonds. The highest BCUT2D eigenvalue weighted by Crippen LogP contribution is 2.45. The fraction of sp³-hybridized carbons (Fsp3) is 0.129. The number of rotatable bonds is 7. The van der Waals surface area contributed by atoms with Crippen LogP contribution in [0.5, 0.6) is 23.0 Å². The van der Waals surface area contributed by atoms with Gasteiger partial charge in [-0.15, -0.1) is 0 Å². The van der Waals surface area contributed by atoms with Crippen LogP contribution >= 0.6 is 0 Å². The molecule has 0 bridgehead atoms. The number of phenolic OH excluding ortho intramolecular Hbond substituents is 3. The summed E-state index contributed by atoms with van der Waals surface area (Å²) in [7, 11) is 1.32. The molecule has 1 aromatic heterocycles. The van der Waals surface area contributed by atoms with Gasteiger partial charge in [-0.25, -0.2) is 0 Å². The van der Waals surface area contributed by atoms with Crippen molar-refractivity contribution in [3.63, 3.8) is 0 Å². The average Bonchev–Trinajstić information content (AvgIpc) is 2.90. The molecule has 6 heteroatoms. The van der Waals surface area contributed by atoms with Crippen LogP contribution in [0, 0.1) is 0 Å². The van der Waals surface area contributed by atoms with Gasteiger partial charge >= 0.3 is 0 Å². The van der Waals surface area contributed by atoms with E-state index in [1.54, 1.807) is 12.1 Å². The molecule has 5 rings (SSSR count). The fourth-order valence-electron chi connectivity index (χ4n) is 4.59. The van der Waals surface area contributed by atoms with Gasteiger partial charge < -0.3 is 24.5 Å². The summed E-state index contributed by atoms with van der Waals surface area (Å²) in [6.45, 7) is 0. The van der Waals surface area contributed by atoms with E-state index >= 15 is 0 Å². The zero-order chi connectivity index (χ0) is 25.9. The minimum atomic E-state index is -0.466.